The average molecular weight is 329 g/mol. The molecule has 2 atom stereocenters. The Morgan fingerprint density at radius 1 is 1.28 bits per heavy atom. The fraction of sp³-hybridized carbons (Fsp3) is 0.600. The highest BCUT2D eigenvalue weighted by Gasteiger charge is 2.48. The fourth-order valence-electron chi connectivity index (χ4n) is 2.84. The molecule has 1 nitrogen and oxygen atoms in total. The van der Waals surface area contributed by atoms with Crippen LogP contribution < -0.4 is 0 Å². The first-order valence-corrected chi connectivity index (χ1v) is 7.91. The minimum absolute atomic E-state index is 0.0432. The number of aryl methyl sites for hydroxylation is 1. The van der Waals surface area contributed by atoms with Gasteiger partial charge in [-0.1, -0.05) is 22.9 Å². The average Bonchev–Trinajstić information content (AvgIpc) is 2.22. The van der Waals surface area contributed by atoms with Crippen LogP contribution in [0.2, 0.25) is 0 Å². The summed E-state index contributed by atoms with van der Waals surface area (Å²) in [6.45, 7) is 12.7. The van der Waals surface area contributed by atoms with Crippen LogP contribution in [-0.4, -0.2) is 9.85 Å². The van der Waals surface area contributed by atoms with Crippen LogP contribution in [0.15, 0.2) is 15.4 Å². The van der Waals surface area contributed by atoms with E-state index in [1.807, 2.05) is 18.7 Å². The van der Waals surface area contributed by atoms with E-state index in [2.05, 4.69) is 56.6 Å². The first kappa shape index (κ1) is 14.4. The van der Waals surface area contributed by atoms with Gasteiger partial charge < -0.3 is 5.11 Å². The molecule has 0 aliphatic carbocycles. The van der Waals surface area contributed by atoms with E-state index in [1.54, 1.807) is 0 Å². The van der Waals surface area contributed by atoms with Crippen molar-refractivity contribution in [2.24, 2.45) is 5.92 Å². The number of thioether (sulfide) groups is 1. The molecule has 0 fully saturated rings. The number of aliphatic hydroxyl groups is 1. The summed E-state index contributed by atoms with van der Waals surface area (Å²) < 4.78 is 1.13. The molecule has 1 heterocycles. The molecule has 18 heavy (non-hydrogen) atoms. The molecule has 2 rings (SSSR count). The van der Waals surface area contributed by atoms with E-state index in [9.17, 15) is 5.11 Å². The van der Waals surface area contributed by atoms with Gasteiger partial charge in [0.25, 0.3) is 0 Å². The van der Waals surface area contributed by atoms with Crippen molar-refractivity contribution < 1.29 is 5.11 Å². The van der Waals surface area contributed by atoms with Crippen molar-refractivity contribution in [3.05, 3.63) is 27.2 Å². The quantitative estimate of drug-likeness (QED) is 0.738. The van der Waals surface area contributed by atoms with Crippen LogP contribution in [0, 0.1) is 19.8 Å². The molecule has 3 heteroatoms. The van der Waals surface area contributed by atoms with Gasteiger partial charge in [-0.25, -0.2) is 0 Å². The van der Waals surface area contributed by atoms with Gasteiger partial charge >= 0.3 is 0 Å². The first-order valence-electron chi connectivity index (χ1n) is 6.30. The highest BCUT2D eigenvalue weighted by molar-refractivity contribution is 9.10. The van der Waals surface area contributed by atoms with E-state index in [0.29, 0.717) is 0 Å². The minimum Gasteiger partial charge on any atom is -0.385 e. The third-order valence-electron chi connectivity index (χ3n) is 4.42. The summed E-state index contributed by atoms with van der Waals surface area (Å²) in [4.78, 5) is 1.25. The predicted molar refractivity (Wildman–Crippen MR) is 82.3 cm³/mol. The zero-order chi connectivity index (χ0) is 13.9. The van der Waals surface area contributed by atoms with Crippen molar-refractivity contribution in [1.82, 2.24) is 0 Å². The molecule has 100 valence electrons. The van der Waals surface area contributed by atoms with Crippen molar-refractivity contribution in [3.63, 3.8) is 0 Å². The molecule has 0 amide bonds. The second kappa shape index (κ2) is 4.26. The van der Waals surface area contributed by atoms with Crippen molar-refractivity contribution in [1.29, 1.82) is 0 Å². The Kier molecular flexibility index (Phi) is 3.41. The normalized spacial score (nSPS) is 30.1. The van der Waals surface area contributed by atoms with Crippen LogP contribution in [0.1, 0.15) is 44.4 Å². The Labute approximate surface area is 122 Å². The molecule has 0 radical (unpaired) electrons. The maximum atomic E-state index is 11.0. The molecular weight excluding hydrogens is 308 g/mol. The second-order valence-corrected chi connectivity index (χ2v) is 8.60. The lowest BCUT2D eigenvalue weighted by molar-refractivity contribution is -0.0166. The Balaban J connectivity index is 2.79. The second-order valence-electron chi connectivity index (χ2n) is 6.08. The molecule has 1 aliphatic rings. The predicted octanol–water partition coefficient (Wildman–Crippen LogP) is 4.79. The van der Waals surface area contributed by atoms with Gasteiger partial charge in [0.15, 0.2) is 0 Å². The molecule has 0 aromatic heterocycles. The van der Waals surface area contributed by atoms with Gasteiger partial charge in [0, 0.05) is 25.6 Å². The molecule has 0 bridgehead atoms. The number of halogens is 1. The SMILES string of the molecule is Cc1cc(Br)c(C)c2c1SC(C)(C)C(C)C2(C)O. The molecular formula is C15H21BrOS. The van der Waals surface area contributed by atoms with Crippen LogP contribution in [0.5, 0.6) is 0 Å². The van der Waals surface area contributed by atoms with Crippen molar-refractivity contribution >= 4 is 27.7 Å². The van der Waals surface area contributed by atoms with Gasteiger partial charge in [-0.2, -0.15) is 0 Å². The fourth-order valence-corrected chi connectivity index (χ4v) is 4.99. The van der Waals surface area contributed by atoms with Crippen LogP contribution in [0.25, 0.3) is 0 Å². The third-order valence-corrected chi connectivity index (χ3v) is 6.85. The Hall–Kier alpha value is 0.01000. The monoisotopic (exact) mass is 328 g/mol. The van der Waals surface area contributed by atoms with Crippen LogP contribution in [0.4, 0.5) is 0 Å². The maximum absolute atomic E-state index is 11.0. The molecule has 0 saturated heterocycles. The van der Waals surface area contributed by atoms with Crippen LogP contribution in [-0.2, 0) is 5.60 Å². The highest BCUT2D eigenvalue weighted by Crippen LogP contribution is 2.56. The smallest absolute Gasteiger partial charge is 0.0920 e. The first-order chi connectivity index (χ1) is 8.09. The molecule has 1 aromatic carbocycles. The molecule has 1 aromatic rings. The van der Waals surface area contributed by atoms with E-state index in [4.69, 9.17) is 0 Å². The Morgan fingerprint density at radius 2 is 1.83 bits per heavy atom. The van der Waals surface area contributed by atoms with E-state index in [-0.39, 0.29) is 10.7 Å². The lowest BCUT2D eigenvalue weighted by Gasteiger charge is -2.48. The number of hydrogen-bond donors (Lipinski definition) is 1. The van der Waals surface area contributed by atoms with Crippen LogP contribution >= 0.6 is 27.7 Å². The van der Waals surface area contributed by atoms with Crippen molar-refractivity contribution in [2.75, 3.05) is 0 Å². The molecule has 1 aliphatic heterocycles. The molecule has 0 spiro atoms. The van der Waals surface area contributed by atoms with Gasteiger partial charge in [-0.15, -0.1) is 11.8 Å². The van der Waals surface area contributed by atoms with Gasteiger partial charge in [0.2, 0.25) is 0 Å². The molecule has 1 N–H and O–H groups in total. The number of rotatable bonds is 0. The van der Waals surface area contributed by atoms with E-state index >= 15 is 0 Å². The zero-order valence-electron chi connectivity index (χ0n) is 11.9. The van der Waals surface area contributed by atoms with E-state index in [1.165, 1.54) is 10.5 Å². The number of benzene rings is 1. The summed E-state index contributed by atoms with van der Waals surface area (Å²) in [6, 6.07) is 2.16. The third kappa shape index (κ3) is 1.95. The summed E-state index contributed by atoms with van der Waals surface area (Å²) in [7, 11) is 0. The van der Waals surface area contributed by atoms with Gasteiger partial charge in [-0.3, -0.25) is 0 Å². The lowest BCUT2D eigenvalue weighted by Crippen LogP contribution is -2.45. The van der Waals surface area contributed by atoms with Gasteiger partial charge in [0.05, 0.1) is 5.60 Å². The standard InChI is InChI=1S/C15H21BrOS/c1-8-7-11(16)9(2)12-13(8)18-14(4,5)10(3)15(12,6)17/h7,10,17H,1-6H3. The van der Waals surface area contributed by atoms with Crippen molar-refractivity contribution in [2.45, 2.75) is 56.8 Å². The lowest BCUT2D eigenvalue weighted by atomic mass is 9.75. The van der Waals surface area contributed by atoms with Crippen molar-refractivity contribution in [3.8, 4) is 0 Å². The highest BCUT2D eigenvalue weighted by atomic mass is 79.9. The van der Waals surface area contributed by atoms with Gasteiger partial charge in [0.1, 0.15) is 0 Å². The summed E-state index contributed by atoms with van der Waals surface area (Å²) in [6.07, 6.45) is 0. The molecule has 2 unspecified atom stereocenters. The van der Waals surface area contributed by atoms with Crippen LogP contribution in [0.3, 0.4) is 0 Å². The largest absolute Gasteiger partial charge is 0.385 e. The maximum Gasteiger partial charge on any atom is 0.0920 e. The van der Waals surface area contributed by atoms with E-state index in [0.717, 1.165) is 15.6 Å². The summed E-state index contributed by atoms with van der Waals surface area (Å²) in [5.74, 6) is 0.204. The van der Waals surface area contributed by atoms with E-state index < -0.39 is 5.60 Å². The summed E-state index contributed by atoms with van der Waals surface area (Å²) in [5, 5.41) is 11.0. The zero-order valence-corrected chi connectivity index (χ0v) is 14.3. The topological polar surface area (TPSA) is 20.2 Å². The summed E-state index contributed by atoms with van der Waals surface area (Å²) >= 11 is 5.50. The Morgan fingerprint density at radius 3 is 2.39 bits per heavy atom. The minimum atomic E-state index is -0.775. The molecule has 0 saturated carbocycles. The summed E-state index contributed by atoms with van der Waals surface area (Å²) in [5.41, 5.74) is 2.73. The number of hydrogen-bond acceptors (Lipinski definition) is 2. The number of fused-ring (bicyclic) bond motifs is 1. The Bertz CT molecular complexity index is 506. The van der Waals surface area contributed by atoms with Gasteiger partial charge in [-0.05, 0) is 51.8 Å².